The number of nitrogens with one attached hydrogen (secondary N) is 2. The van der Waals surface area contributed by atoms with Gasteiger partial charge in [0, 0.05) is 6.04 Å². The highest BCUT2D eigenvalue weighted by Crippen LogP contribution is 2.17. The highest BCUT2D eigenvalue weighted by atomic mass is 19.4. The zero-order valence-corrected chi connectivity index (χ0v) is 7.66. The van der Waals surface area contributed by atoms with Gasteiger partial charge in [-0.1, -0.05) is 6.42 Å². The minimum absolute atomic E-state index is 0.0270. The van der Waals surface area contributed by atoms with Crippen molar-refractivity contribution >= 4 is 5.91 Å². The lowest BCUT2D eigenvalue weighted by molar-refractivity contribution is -0.138. The summed E-state index contributed by atoms with van der Waals surface area (Å²) in [7, 11) is 0. The van der Waals surface area contributed by atoms with Crippen molar-refractivity contribution in [2.24, 2.45) is 0 Å². The Morgan fingerprint density at radius 3 is 2.43 bits per heavy atom. The van der Waals surface area contributed by atoms with Gasteiger partial charge in [0.2, 0.25) is 5.91 Å². The van der Waals surface area contributed by atoms with Crippen LogP contribution in [0.25, 0.3) is 0 Å². The van der Waals surface area contributed by atoms with Crippen molar-refractivity contribution in [1.82, 2.24) is 10.6 Å². The molecular weight excluding hydrogens is 197 g/mol. The molecule has 0 saturated heterocycles. The standard InChI is InChI=1S/C8H13F3N2O/c9-8(10,11)5-13-7(14)4-12-6-2-1-3-6/h6,12H,1-5H2,(H,13,14). The second-order valence-electron chi connectivity index (χ2n) is 3.40. The van der Waals surface area contributed by atoms with Crippen LogP contribution in [0, 0.1) is 0 Å². The van der Waals surface area contributed by atoms with Crippen LogP contribution in [0.5, 0.6) is 0 Å². The van der Waals surface area contributed by atoms with Crippen LogP contribution in [0.3, 0.4) is 0 Å². The third-order valence-electron chi connectivity index (χ3n) is 2.14. The Bertz CT molecular complexity index is 201. The quantitative estimate of drug-likeness (QED) is 0.720. The highest BCUT2D eigenvalue weighted by Gasteiger charge is 2.27. The molecule has 1 amide bonds. The van der Waals surface area contributed by atoms with Gasteiger partial charge in [0.15, 0.2) is 0 Å². The van der Waals surface area contributed by atoms with Crippen LogP contribution in [0.2, 0.25) is 0 Å². The summed E-state index contributed by atoms with van der Waals surface area (Å²) in [6.45, 7) is -1.28. The van der Waals surface area contributed by atoms with Crippen LogP contribution in [-0.2, 0) is 4.79 Å². The Morgan fingerprint density at radius 1 is 1.36 bits per heavy atom. The van der Waals surface area contributed by atoms with Crippen LogP contribution in [0.1, 0.15) is 19.3 Å². The Labute approximate surface area is 80.0 Å². The lowest BCUT2D eigenvalue weighted by Gasteiger charge is -2.26. The van der Waals surface area contributed by atoms with Crippen molar-refractivity contribution in [3.63, 3.8) is 0 Å². The van der Waals surface area contributed by atoms with Gasteiger partial charge < -0.3 is 10.6 Å². The second kappa shape index (κ2) is 4.63. The molecule has 14 heavy (non-hydrogen) atoms. The first-order valence-electron chi connectivity index (χ1n) is 4.54. The fourth-order valence-corrected chi connectivity index (χ4v) is 1.11. The summed E-state index contributed by atoms with van der Waals surface area (Å²) in [5.74, 6) is -0.603. The van der Waals surface area contributed by atoms with Crippen LogP contribution in [0.15, 0.2) is 0 Å². The second-order valence-corrected chi connectivity index (χ2v) is 3.40. The summed E-state index contributed by atoms with van der Waals surface area (Å²) >= 11 is 0. The molecule has 0 bridgehead atoms. The lowest BCUT2D eigenvalue weighted by Crippen LogP contribution is -2.44. The Balaban J connectivity index is 2.03. The molecule has 0 aromatic rings. The van der Waals surface area contributed by atoms with Crippen molar-refractivity contribution < 1.29 is 18.0 Å². The van der Waals surface area contributed by atoms with Crippen LogP contribution >= 0.6 is 0 Å². The van der Waals surface area contributed by atoms with E-state index in [0.717, 1.165) is 19.3 Å². The van der Waals surface area contributed by atoms with E-state index < -0.39 is 18.6 Å². The maximum atomic E-state index is 11.7. The van der Waals surface area contributed by atoms with Gasteiger partial charge >= 0.3 is 6.18 Å². The van der Waals surface area contributed by atoms with Crippen molar-refractivity contribution in [3.05, 3.63) is 0 Å². The van der Waals surface area contributed by atoms with Gasteiger partial charge in [0.1, 0.15) is 6.54 Å². The maximum Gasteiger partial charge on any atom is 0.405 e. The number of hydrogen-bond acceptors (Lipinski definition) is 2. The van der Waals surface area contributed by atoms with Crippen LogP contribution in [-0.4, -0.2) is 31.2 Å². The largest absolute Gasteiger partial charge is 0.405 e. The number of halogens is 3. The van der Waals surface area contributed by atoms with E-state index in [1.54, 1.807) is 5.32 Å². The third-order valence-corrected chi connectivity index (χ3v) is 2.14. The SMILES string of the molecule is O=C(CNC1CCC1)NCC(F)(F)F. The minimum atomic E-state index is -4.33. The first kappa shape index (κ1) is 11.3. The number of alkyl halides is 3. The molecule has 0 aliphatic heterocycles. The lowest BCUT2D eigenvalue weighted by atomic mass is 9.93. The molecule has 0 unspecified atom stereocenters. The number of amides is 1. The number of rotatable bonds is 4. The zero-order chi connectivity index (χ0) is 10.6. The van der Waals surface area contributed by atoms with Crippen molar-refractivity contribution in [2.45, 2.75) is 31.5 Å². The van der Waals surface area contributed by atoms with Crippen molar-refractivity contribution in [2.75, 3.05) is 13.1 Å². The predicted octanol–water partition coefficient (Wildman–Crippen LogP) is 0.807. The van der Waals surface area contributed by atoms with Gasteiger partial charge in [-0.05, 0) is 12.8 Å². The van der Waals surface area contributed by atoms with E-state index in [0.29, 0.717) is 6.04 Å². The summed E-state index contributed by atoms with van der Waals surface area (Å²) in [5.41, 5.74) is 0. The van der Waals surface area contributed by atoms with Crippen LogP contribution < -0.4 is 10.6 Å². The molecule has 0 aromatic carbocycles. The van der Waals surface area contributed by atoms with E-state index in [1.165, 1.54) is 0 Å². The molecule has 0 aromatic heterocycles. The molecule has 1 fully saturated rings. The van der Waals surface area contributed by atoms with Gasteiger partial charge in [0.25, 0.3) is 0 Å². The van der Waals surface area contributed by atoms with Crippen molar-refractivity contribution in [3.8, 4) is 0 Å². The summed E-state index contributed by atoms with van der Waals surface area (Å²) in [4.78, 5) is 10.9. The van der Waals surface area contributed by atoms with Gasteiger partial charge in [-0.25, -0.2) is 0 Å². The Hall–Kier alpha value is -0.780. The van der Waals surface area contributed by atoms with Gasteiger partial charge in [-0.2, -0.15) is 13.2 Å². The number of carbonyl (C=O) groups is 1. The topological polar surface area (TPSA) is 41.1 Å². The number of carbonyl (C=O) groups excluding carboxylic acids is 1. The molecule has 1 aliphatic carbocycles. The molecule has 6 heteroatoms. The molecule has 0 atom stereocenters. The first-order valence-corrected chi connectivity index (χ1v) is 4.54. The number of hydrogen-bond donors (Lipinski definition) is 2. The van der Waals surface area contributed by atoms with E-state index >= 15 is 0 Å². The molecule has 1 aliphatic rings. The molecule has 0 spiro atoms. The van der Waals surface area contributed by atoms with E-state index in [-0.39, 0.29) is 6.54 Å². The van der Waals surface area contributed by atoms with E-state index in [9.17, 15) is 18.0 Å². The van der Waals surface area contributed by atoms with Gasteiger partial charge in [0.05, 0.1) is 6.54 Å². The normalized spacial score (nSPS) is 17.6. The van der Waals surface area contributed by atoms with E-state index in [1.807, 2.05) is 0 Å². The first-order chi connectivity index (χ1) is 6.47. The fraction of sp³-hybridized carbons (Fsp3) is 0.875. The molecule has 1 rings (SSSR count). The van der Waals surface area contributed by atoms with E-state index in [2.05, 4.69) is 5.32 Å². The van der Waals surface area contributed by atoms with Crippen molar-refractivity contribution in [1.29, 1.82) is 0 Å². The average molecular weight is 210 g/mol. The Morgan fingerprint density at radius 2 is 2.00 bits per heavy atom. The summed E-state index contributed by atoms with van der Waals surface area (Å²) < 4.78 is 35.0. The van der Waals surface area contributed by atoms with Crippen LogP contribution in [0.4, 0.5) is 13.2 Å². The summed E-state index contributed by atoms with van der Waals surface area (Å²) in [6, 6.07) is 0.312. The fourth-order valence-electron chi connectivity index (χ4n) is 1.11. The summed E-state index contributed by atoms with van der Waals surface area (Å²) in [5, 5.41) is 4.68. The molecular formula is C8H13F3N2O. The van der Waals surface area contributed by atoms with Gasteiger partial charge in [-0.15, -0.1) is 0 Å². The predicted molar refractivity (Wildman–Crippen MR) is 44.7 cm³/mol. The molecule has 3 nitrogen and oxygen atoms in total. The monoisotopic (exact) mass is 210 g/mol. The third kappa shape index (κ3) is 4.45. The highest BCUT2D eigenvalue weighted by molar-refractivity contribution is 5.78. The molecule has 0 radical (unpaired) electrons. The molecule has 2 N–H and O–H groups in total. The van der Waals surface area contributed by atoms with Gasteiger partial charge in [-0.3, -0.25) is 4.79 Å². The Kier molecular flexibility index (Phi) is 3.74. The average Bonchev–Trinajstić information content (AvgIpc) is 1.96. The molecule has 0 heterocycles. The van der Waals surface area contributed by atoms with E-state index in [4.69, 9.17) is 0 Å². The molecule has 82 valence electrons. The summed E-state index contributed by atoms with van der Waals surface area (Å²) in [6.07, 6.45) is -1.19. The zero-order valence-electron chi connectivity index (χ0n) is 7.66. The maximum absolute atomic E-state index is 11.7. The minimum Gasteiger partial charge on any atom is -0.346 e. The molecule has 1 saturated carbocycles. The smallest absolute Gasteiger partial charge is 0.346 e.